The molecular formula is C23H27F3N4O3. The van der Waals surface area contributed by atoms with E-state index in [4.69, 9.17) is 4.74 Å². The Morgan fingerprint density at radius 1 is 1.27 bits per heavy atom. The average molecular weight is 464 g/mol. The quantitative estimate of drug-likeness (QED) is 0.727. The van der Waals surface area contributed by atoms with E-state index in [0.29, 0.717) is 43.1 Å². The minimum atomic E-state index is -4.52. The maximum absolute atomic E-state index is 13.2. The number of ether oxygens (including phenoxy) is 1. The predicted molar refractivity (Wildman–Crippen MR) is 114 cm³/mol. The van der Waals surface area contributed by atoms with E-state index in [0.717, 1.165) is 25.1 Å². The van der Waals surface area contributed by atoms with E-state index in [2.05, 4.69) is 10.3 Å². The minimum absolute atomic E-state index is 0.115. The van der Waals surface area contributed by atoms with Crippen LogP contribution in [0.25, 0.3) is 0 Å². The van der Waals surface area contributed by atoms with E-state index in [1.165, 1.54) is 6.20 Å². The van der Waals surface area contributed by atoms with Crippen molar-refractivity contribution in [1.82, 2.24) is 19.8 Å². The highest BCUT2D eigenvalue weighted by molar-refractivity contribution is 6.01. The van der Waals surface area contributed by atoms with E-state index in [-0.39, 0.29) is 24.1 Å². The van der Waals surface area contributed by atoms with Gasteiger partial charge in [-0.3, -0.25) is 14.6 Å². The summed E-state index contributed by atoms with van der Waals surface area (Å²) in [5.41, 5.74) is 0.761. The van der Waals surface area contributed by atoms with Crippen LogP contribution in [0.3, 0.4) is 0 Å². The lowest BCUT2D eigenvalue weighted by Crippen LogP contribution is -2.35. The molecule has 1 N–H and O–H groups in total. The molecule has 4 heterocycles. The summed E-state index contributed by atoms with van der Waals surface area (Å²) in [6.07, 6.45) is -0.175. The van der Waals surface area contributed by atoms with Crippen LogP contribution in [0.2, 0.25) is 0 Å². The third-order valence-electron chi connectivity index (χ3n) is 6.39. The van der Waals surface area contributed by atoms with Crippen LogP contribution in [0.5, 0.6) is 0 Å². The van der Waals surface area contributed by atoms with Crippen LogP contribution in [-0.4, -0.2) is 45.5 Å². The lowest BCUT2D eigenvalue weighted by molar-refractivity contribution is -0.137. The summed E-state index contributed by atoms with van der Waals surface area (Å²) in [6.45, 7) is 5.54. The van der Waals surface area contributed by atoms with Gasteiger partial charge in [0, 0.05) is 31.5 Å². The zero-order chi connectivity index (χ0) is 23.8. The van der Waals surface area contributed by atoms with E-state index in [1.807, 2.05) is 16.4 Å². The number of aromatic nitrogens is 2. The van der Waals surface area contributed by atoms with Crippen LogP contribution in [0.1, 0.15) is 76.8 Å². The molecule has 7 nitrogen and oxygen atoms in total. The van der Waals surface area contributed by atoms with Crippen molar-refractivity contribution < 1.29 is 27.5 Å². The Morgan fingerprint density at radius 3 is 2.73 bits per heavy atom. The van der Waals surface area contributed by atoms with Crippen molar-refractivity contribution in [3.63, 3.8) is 0 Å². The van der Waals surface area contributed by atoms with Gasteiger partial charge in [-0.1, -0.05) is 6.92 Å². The van der Waals surface area contributed by atoms with E-state index in [9.17, 15) is 22.8 Å². The van der Waals surface area contributed by atoms with E-state index < -0.39 is 23.7 Å². The number of carbonyl (C=O) groups is 2. The minimum Gasteiger partial charge on any atom is -0.373 e. The fourth-order valence-electron chi connectivity index (χ4n) is 4.54. The van der Waals surface area contributed by atoms with Crippen molar-refractivity contribution >= 4 is 11.8 Å². The first-order chi connectivity index (χ1) is 15.7. The van der Waals surface area contributed by atoms with Gasteiger partial charge >= 0.3 is 6.18 Å². The Labute approximate surface area is 189 Å². The molecule has 0 radical (unpaired) electrons. The zero-order valence-electron chi connectivity index (χ0n) is 18.6. The van der Waals surface area contributed by atoms with Gasteiger partial charge in [0.15, 0.2) is 0 Å². The molecule has 2 atom stereocenters. The number of fused-ring (bicyclic) bond motifs is 1. The summed E-state index contributed by atoms with van der Waals surface area (Å²) in [5, 5.41) is 2.82. The molecule has 0 saturated carbocycles. The molecule has 33 heavy (non-hydrogen) atoms. The molecule has 2 amide bonds. The molecular weight excluding hydrogens is 437 g/mol. The summed E-state index contributed by atoms with van der Waals surface area (Å²) in [7, 11) is 0. The summed E-state index contributed by atoms with van der Waals surface area (Å²) >= 11 is 0. The fraction of sp³-hybridized carbons (Fsp3) is 0.522. The Bertz CT molecular complexity index is 1050. The van der Waals surface area contributed by atoms with Crippen molar-refractivity contribution in [3.8, 4) is 0 Å². The molecule has 1 fully saturated rings. The Morgan fingerprint density at radius 2 is 2.06 bits per heavy atom. The number of hydrogen-bond acceptors (Lipinski definition) is 4. The molecule has 0 bridgehead atoms. The van der Waals surface area contributed by atoms with Crippen LogP contribution in [0.15, 0.2) is 24.5 Å². The molecule has 2 aromatic rings. The maximum atomic E-state index is 13.2. The highest BCUT2D eigenvalue weighted by atomic mass is 19.4. The first kappa shape index (κ1) is 23.3. The average Bonchev–Trinajstić information content (AvgIpc) is 3.40. The Balaban J connectivity index is 1.61. The smallest absolute Gasteiger partial charge is 0.373 e. The molecule has 0 aromatic carbocycles. The number of amides is 2. The highest BCUT2D eigenvalue weighted by Gasteiger charge is 2.34. The molecule has 1 saturated heterocycles. The summed E-state index contributed by atoms with van der Waals surface area (Å²) in [6, 6.07) is 2.07. The number of halogens is 3. The van der Waals surface area contributed by atoms with E-state index >= 15 is 0 Å². The van der Waals surface area contributed by atoms with Gasteiger partial charge in [0.25, 0.3) is 11.8 Å². The number of carbonyl (C=O) groups excluding carboxylic acids is 2. The number of rotatable bonds is 5. The first-order valence-electron chi connectivity index (χ1n) is 11.1. The van der Waals surface area contributed by atoms with Gasteiger partial charge in [-0.05, 0) is 43.9 Å². The second kappa shape index (κ2) is 9.17. The van der Waals surface area contributed by atoms with Crippen molar-refractivity contribution in [3.05, 3.63) is 52.6 Å². The van der Waals surface area contributed by atoms with Gasteiger partial charge < -0.3 is 19.5 Å². The van der Waals surface area contributed by atoms with Crippen molar-refractivity contribution in [1.29, 1.82) is 0 Å². The zero-order valence-corrected chi connectivity index (χ0v) is 18.6. The number of hydrogen-bond donors (Lipinski definition) is 1. The standard InChI is InChI=1S/C23H27F3N4O3/c1-3-18(15-9-16(12-27-11-15)23(24,25)26)28-21(31)17-10-19(30-7-8-33-13-20(17)30)22(32)29-6-4-5-14(29)2/h9-12,14,18H,3-8,13H2,1-2H3,(H,28,31)/t14?,18-/m1/s1. The van der Waals surface area contributed by atoms with E-state index in [1.54, 1.807) is 13.0 Å². The van der Waals surface area contributed by atoms with Gasteiger partial charge in [-0.2, -0.15) is 13.2 Å². The number of nitrogens with zero attached hydrogens (tertiary/aromatic N) is 3. The summed E-state index contributed by atoms with van der Waals surface area (Å²) in [4.78, 5) is 32.0. The van der Waals surface area contributed by atoms with Gasteiger partial charge in [0.1, 0.15) is 5.69 Å². The largest absolute Gasteiger partial charge is 0.417 e. The highest BCUT2D eigenvalue weighted by Crippen LogP contribution is 2.31. The Kier molecular flexibility index (Phi) is 6.47. The molecule has 0 spiro atoms. The number of likely N-dealkylation sites (tertiary alicyclic amines) is 1. The monoisotopic (exact) mass is 464 g/mol. The van der Waals surface area contributed by atoms with Gasteiger partial charge in [0.2, 0.25) is 0 Å². The molecule has 10 heteroatoms. The van der Waals surface area contributed by atoms with Crippen LogP contribution in [0, 0.1) is 0 Å². The van der Waals surface area contributed by atoms with Crippen molar-refractivity contribution in [2.45, 2.75) is 64.5 Å². The van der Waals surface area contributed by atoms with Crippen LogP contribution in [0.4, 0.5) is 13.2 Å². The fourth-order valence-corrected chi connectivity index (χ4v) is 4.54. The van der Waals surface area contributed by atoms with Gasteiger partial charge in [-0.15, -0.1) is 0 Å². The summed E-state index contributed by atoms with van der Waals surface area (Å²) < 4.78 is 46.7. The number of alkyl halides is 3. The number of pyridine rings is 1. The van der Waals surface area contributed by atoms with Gasteiger partial charge in [0.05, 0.1) is 36.1 Å². The van der Waals surface area contributed by atoms with Crippen LogP contribution < -0.4 is 5.32 Å². The SMILES string of the molecule is CC[C@@H](NC(=O)c1cc(C(=O)N2CCCC2C)n2c1COCC2)c1cncc(C(F)(F)F)c1. The Hall–Kier alpha value is -2.88. The van der Waals surface area contributed by atoms with Gasteiger partial charge in [-0.25, -0.2) is 0 Å². The second-order valence-corrected chi connectivity index (χ2v) is 8.52. The molecule has 0 aliphatic carbocycles. The molecule has 2 aromatic heterocycles. The molecule has 1 unspecified atom stereocenters. The third kappa shape index (κ3) is 4.62. The van der Waals surface area contributed by atoms with Crippen LogP contribution in [-0.2, 0) is 24.1 Å². The molecule has 2 aliphatic heterocycles. The molecule has 178 valence electrons. The van der Waals surface area contributed by atoms with Crippen molar-refractivity contribution in [2.75, 3.05) is 13.2 Å². The normalized spacial score (nSPS) is 19.3. The lowest BCUT2D eigenvalue weighted by Gasteiger charge is -2.24. The first-order valence-corrected chi connectivity index (χ1v) is 11.1. The topological polar surface area (TPSA) is 76.5 Å². The molecule has 2 aliphatic rings. The number of nitrogens with one attached hydrogen (secondary N) is 1. The molecule has 4 rings (SSSR count). The van der Waals surface area contributed by atoms with Crippen LogP contribution >= 0.6 is 0 Å². The predicted octanol–water partition coefficient (Wildman–Crippen LogP) is 3.94. The van der Waals surface area contributed by atoms with Crippen molar-refractivity contribution in [2.24, 2.45) is 0 Å². The lowest BCUT2D eigenvalue weighted by atomic mass is 10.0. The maximum Gasteiger partial charge on any atom is 0.417 e. The summed E-state index contributed by atoms with van der Waals surface area (Å²) in [5.74, 6) is -0.571. The third-order valence-corrected chi connectivity index (χ3v) is 6.39. The second-order valence-electron chi connectivity index (χ2n) is 8.52.